The average Bonchev–Trinajstić information content (AvgIpc) is 2.95. The zero-order valence-corrected chi connectivity index (χ0v) is 13.0. The highest BCUT2D eigenvalue weighted by Gasteiger charge is 2.28. The lowest BCUT2D eigenvalue weighted by Crippen LogP contribution is -2.27. The number of nitrogens with one attached hydrogen (secondary N) is 1. The molecule has 3 unspecified atom stereocenters. The Kier molecular flexibility index (Phi) is 5.44. The van der Waals surface area contributed by atoms with Gasteiger partial charge in [-0.3, -0.25) is 0 Å². The molecule has 1 heterocycles. The van der Waals surface area contributed by atoms with Gasteiger partial charge in [-0.2, -0.15) is 0 Å². The van der Waals surface area contributed by atoms with Gasteiger partial charge in [-0.25, -0.2) is 0 Å². The number of benzene rings is 1. The summed E-state index contributed by atoms with van der Waals surface area (Å²) in [5.41, 5.74) is 2.73. The lowest BCUT2D eigenvalue weighted by molar-refractivity contribution is 0.136. The maximum Gasteiger partial charge on any atom is 0.0557 e. The van der Waals surface area contributed by atoms with Gasteiger partial charge in [0, 0.05) is 30.7 Å². The van der Waals surface area contributed by atoms with Crippen LogP contribution in [0.2, 0.25) is 0 Å². The van der Waals surface area contributed by atoms with Crippen LogP contribution in [0.5, 0.6) is 0 Å². The third-order valence-electron chi connectivity index (χ3n) is 4.42. The standard InChI is InChI=1S/C17H28N2O/c1-4-16(18-5-2)15-8-6-7-9-17(15)19-11-10-14(12-19)13(3)20/h6-9,13-14,16,18,20H,4-5,10-12H2,1-3H3. The molecule has 1 fully saturated rings. The first-order valence-corrected chi connectivity index (χ1v) is 7.92. The summed E-state index contributed by atoms with van der Waals surface area (Å²) in [6.45, 7) is 9.31. The summed E-state index contributed by atoms with van der Waals surface area (Å²) < 4.78 is 0. The van der Waals surface area contributed by atoms with Crippen molar-refractivity contribution in [1.82, 2.24) is 5.32 Å². The van der Waals surface area contributed by atoms with Crippen molar-refractivity contribution in [3.05, 3.63) is 29.8 Å². The number of hydrogen-bond acceptors (Lipinski definition) is 3. The molecule has 0 saturated carbocycles. The Morgan fingerprint density at radius 2 is 2.10 bits per heavy atom. The minimum absolute atomic E-state index is 0.206. The number of nitrogens with zero attached hydrogens (tertiary/aromatic N) is 1. The largest absolute Gasteiger partial charge is 0.393 e. The number of hydrogen-bond donors (Lipinski definition) is 2. The molecule has 1 aliphatic rings. The van der Waals surface area contributed by atoms with E-state index in [1.54, 1.807) is 0 Å². The Morgan fingerprint density at radius 3 is 2.70 bits per heavy atom. The van der Waals surface area contributed by atoms with Gasteiger partial charge >= 0.3 is 0 Å². The zero-order valence-electron chi connectivity index (χ0n) is 13.0. The van der Waals surface area contributed by atoms with Crippen molar-refractivity contribution >= 4 is 5.69 Å². The van der Waals surface area contributed by atoms with Crippen molar-refractivity contribution < 1.29 is 5.11 Å². The Bertz CT molecular complexity index is 419. The first kappa shape index (κ1) is 15.3. The molecule has 3 nitrogen and oxygen atoms in total. The topological polar surface area (TPSA) is 35.5 Å². The van der Waals surface area contributed by atoms with Crippen molar-refractivity contribution in [2.45, 2.75) is 45.8 Å². The molecule has 2 N–H and O–H groups in total. The molecule has 1 aliphatic heterocycles. The lowest BCUT2D eigenvalue weighted by Gasteiger charge is -2.27. The molecule has 1 aromatic carbocycles. The number of anilines is 1. The summed E-state index contributed by atoms with van der Waals surface area (Å²) in [6, 6.07) is 9.12. The van der Waals surface area contributed by atoms with E-state index in [0.717, 1.165) is 32.5 Å². The molecule has 0 spiro atoms. The number of aliphatic hydroxyl groups is 1. The van der Waals surface area contributed by atoms with Crippen LogP contribution >= 0.6 is 0 Å². The summed E-state index contributed by atoms with van der Waals surface area (Å²) in [4.78, 5) is 2.44. The summed E-state index contributed by atoms with van der Waals surface area (Å²) in [6.07, 6.45) is 1.98. The third kappa shape index (κ3) is 3.33. The van der Waals surface area contributed by atoms with E-state index in [9.17, 15) is 5.11 Å². The Hall–Kier alpha value is -1.06. The van der Waals surface area contributed by atoms with Crippen LogP contribution < -0.4 is 10.2 Å². The fourth-order valence-electron chi connectivity index (χ4n) is 3.19. The summed E-state index contributed by atoms with van der Waals surface area (Å²) in [7, 11) is 0. The zero-order chi connectivity index (χ0) is 14.5. The monoisotopic (exact) mass is 276 g/mol. The SMILES string of the molecule is CCNC(CC)c1ccccc1N1CCC(C(C)O)C1. The molecule has 0 amide bonds. The van der Waals surface area contributed by atoms with Crippen LogP contribution in [0.3, 0.4) is 0 Å². The molecule has 0 radical (unpaired) electrons. The van der Waals surface area contributed by atoms with E-state index < -0.39 is 0 Å². The molecule has 1 aromatic rings. The highest BCUT2D eigenvalue weighted by molar-refractivity contribution is 5.55. The fourth-order valence-corrected chi connectivity index (χ4v) is 3.19. The van der Waals surface area contributed by atoms with Crippen molar-refractivity contribution in [3.8, 4) is 0 Å². The first-order valence-electron chi connectivity index (χ1n) is 7.92. The van der Waals surface area contributed by atoms with Crippen LogP contribution in [0.25, 0.3) is 0 Å². The van der Waals surface area contributed by atoms with Crippen LogP contribution in [-0.2, 0) is 0 Å². The van der Waals surface area contributed by atoms with E-state index in [4.69, 9.17) is 0 Å². The third-order valence-corrected chi connectivity index (χ3v) is 4.42. The van der Waals surface area contributed by atoms with E-state index in [1.807, 2.05) is 6.92 Å². The van der Waals surface area contributed by atoms with Crippen molar-refractivity contribution in [1.29, 1.82) is 0 Å². The van der Waals surface area contributed by atoms with Gasteiger partial charge < -0.3 is 15.3 Å². The Morgan fingerprint density at radius 1 is 1.35 bits per heavy atom. The number of rotatable bonds is 6. The molecule has 0 bridgehead atoms. The van der Waals surface area contributed by atoms with Crippen LogP contribution in [0.15, 0.2) is 24.3 Å². The molecule has 3 atom stereocenters. The van der Waals surface area contributed by atoms with Crippen molar-refractivity contribution in [2.24, 2.45) is 5.92 Å². The maximum atomic E-state index is 9.79. The summed E-state index contributed by atoms with van der Waals surface area (Å²) in [5.74, 6) is 0.405. The van der Waals surface area contributed by atoms with Crippen LogP contribution in [0.1, 0.15) is 45.2 Å². The molecule has 1 saturated heterocycles. The Labute approximate surface area is 123 Å². The molecule has 3 heteroatoms. The van der Waals surface area contributed by atoms with Gasteiger partial charge in [-0.05, 0) is 37.9 Å². The van der Waals surface area contributed by atoms with Gasteiger partial charge in [0.25, 0.3) is 0 Å². The van der Waals surface area contributed by atoms with E-state index in [2.05, 4.69) is 48.3 Å². The van der Waals surface area contributed by atoms with Gasteiger partial charge in [0.2, 0.25) is 0 Å². The van der Waals surface area contributed by atoms with E-state index in [0.29, 0.717) is 12.0 Å². The second kappa shape index (κ2) is 7.09. The molecule has 0 aliphatic carbocycles. The minimum atomic E-state index is -0.206. The molecular weight excluding hydrogens is 248 g/mol. The molecular formula is C17H28N2O. The van der Waals surface area contributed by atoms with Crippen LogP contribution in [0.4, 0.5) is 5.69 Å². The molecule has 20 heavy (non-hydrogen) atoms. The van der Waals surface area contributed by atoms with Gasteiger partial charge in [-0.15, -0.1) is 0 Å². The van der Waals surface area contributed by atoms with Gasteiger partial charge in [0.05, 0.1) is 6.10 Å². The summed E-state index contributed by atoms with van der Waals surface area (Å²) >= 11 is 0. The molecule has 0 aromatic heterocycles. The average molecular weight is 276 g/mol. The number of para-hydroxylation sites is 1. The van der Waals surface area contributed by atoms with Gasteiger partial charge in [0.1, 0.15) is 0 Å². The van der Waals surface area contributed by atoms with Crippen molar-refractivity contribution in [3.63, 3.8) is 0 Å². The second-order valence-corrected chi connectivity index (χ2v) is 5.81. The highest BCUT2D eigenvalue weighted by atomic mass is 16.3. The number of aliphatic hydroxyl groups excluding tert-OH is 1. The summed E-state index contributed by atoms with van der Waals surface area (Å²) in [5, 5.41) is 13.4. The normalized spacial score (nSPS) is 22.0. The fraction of sp³-hybridized carbons (Fsp3) is 0.647. The second-order valence-electron chi connectivity index (χ2n) is 5.81. The van der Waals surface area contributed by atoms with Crippen LogP contribution in [0, 0.1) is 5.92 Å². The Balaban J connectivity index is 2.20. The molecule has 2 rings (SSSR count). The predicted octanol–water partition coefficient (Wildman–Crippen LogP) is 2.95. The van der Waals surface area contributed by atoms with Crippen LogP contribution in [-0.4, -0.2) is 30.8 Å². The quantitative estimate of drug-likeness (QED) is 0.838. The smallest absolute Gasteiger partial charge is 0.0557 e. The van der Waals surface area contributed by atoms with Crippen molar-refractivity contribution in [2.75, 3.05) is 24.5 Å². The van der Waals surface area contributed by atoms with E-state index in [1.165, 1.54) is 11.3 Å². The van der Waals surface area contributed by atoms with E-state index in [-0.39, 0.29) is 6.10 Å². The first-order chi connectivity index (χ1) is 9.67. The molecule has 112 valence electrons. The van der Waals surface area contributed by atoms with Gasteiger partial charge in [-0.1, -0.05) is 32.0 Å². The minimum Gasteiger partial charge on any atom is -0.393 e. The predicted molar refractivity (Wildman–Crippen MR) is 85.2 cm³/mol. The highest BCUT2D eigenvalue weighted by Crippen LogP contribution is 2.32. The maximum absolute atomic E-state index is 9.79. The lowest BCUT2D eigenvalue weighted by atomic mass is 10.0. The van der Waals surface area contributed by atoms with Gasteiger partial charge in [0.15, 0.2) is 0 Å². The van der Waals surface area contributed by atoms with E-state index >= 15 is 0 Å².